The lowest BCUT2D eigenvalue weighted by atomic mass is 10.5. The third kappa shape index (κ3) is 1.04. The molecule has 1 fully saturated rings. The van der Waals surface area contributed by atoms with Gasteiger partial charge in [0.1, 0.15) is 6.61 Å². The topological polar surface area (TPSA) is 26.3 Å². The quantitative estimate of drug-likeness (QED) is 0.467. The number of carbonyl (C=O) groups is 1. The number of carbonyl (C=O) groups excluding carboxylic acids is 1. The van der Waals surface area contributed by atoms with Gasteiger partial charge in [-0.1, -0.05) is 6.08 Å². The summed E-state index contributed by atoms with van der Waals surface area (Å²) in [5.74, 6) is 0. The average Bonchev–Trinajstić information content (AvgIpc) is 2.14. The van der Waals surface area contributed by atoms with Crippen molar-refractivity contribution in [1.29, 1.82) is 0 Å². The maximum Gasteiger partial charge on any atom is 0.372 e. The number of cyclic esters (lactones) is 1. The van der Waals surface area contributed by atoms with Gasteiger partial charge >= 0.3 is 5.30 Å². The summed E-state index contributed by atoms with van der Waals surface area (Å²) in [5, 5.41) is -0.182. The fourth-order valence-corrected chi connectivity index (χ4v) is 1.01. The van der Waals surface area contributed by atoms with Gasteiger partial charge in [-0.25, -0.2) is 4.79 Å². The summed E-state index contributed by atoms with van der Waals surface area (Å²) < 4.78 is 4.61. The van der Waals surface area contributed by atoms with Crippen LogP contribution in [0.1, 0.15) is 6.92 Å². The van der Waals surface area contributed by atoms with Crippen LogP contribution in [0.2, 0.25) is 0 Å². The van der Waals surface area contributed by atoms with Crippen LogP contribution in [0.3, 0.4) is 0 Å². The molecule has 2 nitrogen and oxygen atoms in total. The lowest BCUT2D eigenvalue weighted by molar-refractivity contribution is 0.191. The molecule has 1 heterocycles. The van der Waals surface area contributed by atoms with E-state index in [1.54, 1.807) is 0 Å². The van der Waals surface area contributed by atoms with Crippen molar-refractivity contribution in [3.63, 3.8) is 0 Å². The highest BCUT2D eigenvalue weighted by Gasteiger charge is 2.15. The van der Waals surface area contributed by atoms with Crippen LogP contribution in [0.4, 0.5) is 4.79 Å². The Morgan fingerprint density at radius 2 is 2.62 bits per heavy atom. The molecule has 0 aromatic carbocycles. The molecule has 0 radical (unpaired) electrons. The van der Waals surface area contributed by atoms with Crippen LogP contribution in [0.5, 0.6) is 0 Å². The van der Waals surface area contributed by atoms with Crippen molar-refractivity contribution in [3.8, 4) is 0 Å². The predicted molar refractivity (Wildman–Crippen MR) is 32.7 cm³/mol. The monoisotopic (exact) mass is 130 g/mol. The second-order valence-corrected chi connectivity index (χ2v) is 2.46. The van der Waals surface area contributed by atoms with Crippen LogP contribution in [0, 0.1) is 0 Å². The number of hydrogen-bond acceptors (Lipinski definition) is 3. The first-order chi connectivity index (χ1) is 3.83. The van der Waals surface area contributed by atoms with Crippen molar-refractivity contribution in [2.24, 2.45) is 0 Å². The number of rotatable bonds is 0. The molecule has 8 heavy (non-hydrogen) atoms. The molecule has 3 heteroatoms. The summed E-state index contributed by atoms with van der Waals surface area (Å²) in [7, 11) is 0. The minimum absolute atomic E-state index is 0.182. The normalized spacial score (nSPS) is 24.1. The molecule has 0 amide bonds. The smallest absolute Gasteiger partial charge is 0.372 e. The highest BCUT2D eigenvalue weighted by Crippen LogP contribution is 2.25. The lowest BCUT2D eigenvalue weighted by Crippen LogP contribution is -1.83. The van der Waals surface area contributed by atoms with Gasteiger partial charge in [-0.05, 0) is 18.7 Å². The zero-order valence-corrected chi connectivity index (χ0v) is 5.33. The highest BCUT2D eigenvalue weighted by atomic mass is 32.2. The van der Waals surface area contributed by atoms with E-state index in [1.807, 2.05) is 13.0 Å². The molecule has 1 rings (SSSR count). The molecule has 0 aromatic rings. The van der Waals surface area contributed by atoms with Gasteiger partial charge in [0.25, 0.3) is 0 Å². The van der Waals surface area contributed by atoms with E-state index in [1.165, 1.54) is 11.8 Å². The molecule has 0 aromatic heterocycles. The number of thioether (sulfide) groups is 1. The van der Waals surface area contributed by atoms with E-state index in [4.69, 9.17) is 0 Å². The van der Waals surface area contributed by atoms with Crippen molar-refractivity contribution in [2.45, 2.75) is 6.92 Å². The molecule has 0 bridgehead atoms. The van der Waals surface area contributed by atoms with E-state index < -0.39 is 0 Å². The zero-order valence-electron chi connectivity index (χ0n) is 4.51. The van der Waals surface area contributed by atoms with Gasteiger partial charge in [-0.2, -0.15) is 0 Å². The van der Waals surface area contributed by atoms with Crippen LogP contribution in [-0.4, -0.2) is 11.9 Å². The van der Waals surface area contributed by atoms with Gasteiger partial charge in [0.15, 0.2) is 0 Å². The Balaban J connectivity index is 2.56. The van der Waals surface area contributed by atoms with Gasteiger partial charge < -0.3 is 4.74 Å². The first-order valence-electron chi connectivity index (χ1n) is 2.32. The van der Waals surface area contributed by atoms with E-state index >= 15 is 0 Å². The summed E-state index contributed by atoms with van der Waals surface area (Å²) >= 11 is 1.17. The van der Waals surface area contributed by atoms with E-state index in [-0.39, 0.29) is 5.30 Å². The summed E-state index contributed by atoms with van der Waals surface area (Å²) in [4.78, 5) is 11.3. The van der Waals surface area contributed by atoms with E-state index in [2.05, 4.69) is 4.74 Å². The molecule has 0 atom stereocenters. The first kappa shape index (κ1) is 5.69. The van der Waals surface area contributed by atoms with Crippen LogP contribution in [-0.2, 0) is 4.74 Å². The van der Waals surface area contributed by atoms with E-state index in [0.29, 0.717) is 6.61 Å². The Labute approximate surface area is 51.9 Å². The molecule has 1 aliphatic heterocycles. The van der Waals surface area contributed by atoms with Gasteiger partial charge in [0.05, 0.1) is 0 Å². The van der Waals surface area contributed by atoms with Crippen LogP contribution >= 0.6 is 11.8 Å². The average molecular weight is 130 g/mol. The summed E-state index contributed by atoms with van der Waals surface area (Å²) in [5.41, 5.74) is 0. The number of ether oxygens (including phenoxy) is 1. The third-order valence-electron chi connectivity index (χ3n) is 0.869. The number of allylic oxidation sites excluding steroid dienone is 1. The number of hydrogen-bond donors (Lipinski definition) is 0. The van der Waals surface area contributed by atoms with Crippen LogP contribution in [0.25, 0.3) is 0 Å². The van der Waals surface area contributed by atoms with Gasteiger partial charge in [-0.15, -0.1) is 0 Å². The van der Waals surface area contributed by atoms with Crippen molar-refractivity contribution < 1.29 is 9.53 Å². The molecular weight excluding hydrogens is 124 g/mol. The maximum atomic E-state index is 10.3. The van der Waals surface area contributed by atoms with Crippen molar-refractivity contribution in [2.75, 3.05) is 6.61 Å². The molecule has 1 saturated heterocycles. The van der Waals surface area contributed by atoms with Crippen molar-refractivity contribution in [1.82, 2.24) is 0 Å². The van der Waals surface area contributed by atoms with Crippen LogP contribution < -0.4 is 0 Å². The highest BCUT2D eigenvalue weighted by molar-refractivity contribution is 8.16. The minimum Gasteiger partial charge on any atom is -0.452 e. The van der Waals surface area contributed by atoms with Crippen LogP contribution in [0.15, 0.2) is 11.0 Å². The van der Waals surface area contributed by atoms with Crippen molar-refractivity contribution >= 4 is 17.1 Å². The van der Waals surface area contributed by atoms with E-state index in [9.17, 15) is 4.79 Å². The largest absolute Gasteiger partial charge is 0.452 e. The fourth-order valence-electron chi connectivity index (χ4n) is 0.438. The molecule has 44 valence electrons. The summed E-state index contributed by atoms with van der Waals surface area (Å²) in [6, 6.07) is 0. The third-order valence-corrected chi connectivity index (χ3v) is 1.77. The van der Waals surface area contributed by atoms with Crippen molar-refractivity contribution in [3.05, 3.63) is 11.0 Å². The molecule has 0 spiro atoms. The predicted octanol–water partition coefficient (Wildman–Crippen LogP) is 1.77. The Kier molecular flexibility index (Phi) is 1.58. The maximum absolute atomic E-state index is 10.3. The molecule has 0 aliphatic carbocycles. The first-order valence-corrected chi connectivity index (χ1v) is 3.14. The summed E-state index contributed by atoms with van der Waals surface area (Å²) in [6.07, 6.45) is 1.88. The summed E-state index contributed by atoms with van der Waals surface area (Å²) in [6.45, 7) is 2.37. The van der Waals surface area contributed by atoms with Gasteiger partial charge in [0, 0.05) is 4.91 Å². The second kappa shape index (κ2) is 2.22. The molecule has 0 unspecified atom stereocenters. The second-order valence-electron chi connectivity index (χ2n) is 1.40. The van der Waals surface area contributed by atoms with E-state index in [0.717, 1.165) is 4.91 Å². The fraction of sp³-hybridized carbons (Fsp3) is 0.400. The Bertz CT molecular complexity index is 139. The molecule has 0 N–H and O–H groups in total. The minimum atomic E-state index is -0.182. The Morgan fingerprint density at radius 3 is 2.88 bits per heavy atom. The Hall–Kier alpha value is -0.440. The molecule has 1 aliphatic rings. The van der Waals surface area contributed by atoms with Gasteiger partial charge in [-0.3, -0.25) is 0 Å². The molecule has 0 saturated carbocycles. The van der Waals surface area contributed by atoms with Gasteiger partial charge in [0.2, 0.25) is 0 Å². The zero-order chi connectivity index (χ0) is 5.98. The SMILES string of the molecule is C/C=C1\COC(=O)S1. The Morgan fingerprint density at radius 1 is 1.88 bits per heavy atom. The molecular formula is C5H6O2S. The lowest BCUT2D eigenvalue weighted by Gasteiger charge is -1.81. The standard InChI is InChI=1S/C5H6O2S/c1-2-4-3-7-5(6)8-4/h2H,3H2,1H3/b4-2+.